The van der Waals surface area contributed by atoms with Gasteiger partial charge in [-0.2, -0.15) is 0 Å². The largest absolute Gasteiger partial charge is 0.475 e. The van der Waals surface area contributed by atoms with E-state index in [2.05, 4.69) is 11.9 Å². The van der Waals surface area contributed by atoms with Gasteiger partial charge in [-0.05, 0) is 12.7 Å². The Kier molecular flexibility index (Phi) is 1.02. The minimum Gasteiger partial charge on any atom is -0.475 e. The van der Waals surface area contributed by atoms with Crippen LogP contribution in [-0.2, 0) is 4.74 Å². The molecule has 1 rings (SSSR count). The maximum Gasteiger partial charge on any atom is 0.183 e. The summed E-state index contributed by atoms with van der Waals surface area (Å²) < 4.78 is 4.89. The Morgan fingerprint density at radius 1 is 1.86 bits per heavy atom. The summed E-state index contributed by atoms with van der Waals surface area (Å²) in [5, 5.41) is 2.78. The van der Waals surface area contributed by atoms with E-state index in [9.17, 15) is 0 Å². The summed E-state index contributed by atoms with van der Waals surface area (Å²) in [6, 6.07) is 0. The molecule has 0 aromatic heterocycles. The lowest BCUT2D eigenvalue weighted by Gasteiger charge is -2.09. The number of nitrogens with one attached hydrogen (secondary N) is 1. The molecule has 0 atom stereocenters. The summed E-state index contributed by atoms with van der Waals surface area (Å²) >= 11 is 0. The van der Waals surface area contributed by atoms with Gasteiger partial charge in [0.25, 0.3) is 0 Å². The van der Waals surface area contributed by atoms with Gasteiger partial charge in [0.15, 0.2) is 5.88 Å². The first-order valence-corrected chi connectivity index (χ1v) is 2.13. The quantitative estimate of drug-likeness (QED) is 0.477. The molecule has 0 spiro atoms. The third-order valence-electron chi connectivity index (χ3n) is 0.716. The first-order valence-electron chi connectivity index (χ1n) is 2.13. The number of hydrogen-bond acceptors (Lipinski definition) is 2. The summed E-state index contributed by atoms with van der Waals surface area (Å²) in [6.45, 7) is 4.17. The average molecular weight is 97.1 g/mol. The molecule has 0 unspecified atom stereocenters. The van der Waals surface area contributed by atoms with Crippen molar-refractivity contribution in [2.75, 3.05) is 6.61 Å². The molecule has 1 N–H and O–H groups in total. The van der Waals surface area contributed by atoms with Gasteiger partial charge in [-0.25, -0.2) is 0 Å². The minimum atomic E-state index is 0.627. The Morgan fingerprint density at radius 2 is 2.71 bits per heavy atom. The molecular formula is C5H7NO. The van der Waals surface area contributed by atoms with Gasteiger partial charge in [0.05, 0.1) is 0 Å². The first kappa shape index (κ1) is 4.24. The van der Waals surface area contributed by atoms with Crippen molar-refractivity contribution < 1.29 is 4.74 Å². The maximum atomic E-state index is 4.89. The lowest BCUT2D eigenvalue weighted by molar-refractivity contribution is 0.222. The summed E-state index contributed by atoms with van der Waals surface area (Å²) in [5.74, 6) is 0.627. The topological polar surface area (TPSA) is 21.3 Å². The standard InChI is InChI=1S/C5H7NO/c1-5-6-3-2-4-7-5/h2-3,6H,1,4H2. The molecule has 0 saturated heterocycles. The van der Waals surface area contributed by atoms with Gasteiger partial charge >= 0.3 is 0 Å². The van der Waals surface area contributed by atoms with Crippen molar-refractivity contribution >= 4 is 0 Å². The van der Waals surface area contributed by atoms with Crippen LogP contribution in [0, 0.1) is 0 Å². The average Bonchev–Trinajstić information content (AvgIpc) is 1.69. The van der Waals surface area contributed by atoms with Crippen molar-refractivity contribution in [2.45, 2.75) is 0 Å². The summed E-state index contributed by atoms with van der Waals surface area (Å²) in [6.07, 6.45) is 3.69. The maximum absolute atomic E-state index is 4.89. The normalized spacial score (nSPS) is 18.0. The fourth-order valence-electron chi connectivity index (χ4n) is 0.390. The van der Waals surface area contributed by atoms with Crippen molar-refractivity contribution in [1.29, 1.82) is 0 Å². The van der Waals surface area contributed by atoms with E-state index < -0.39 is 0 Å². The molecule has 1 heterocycles. The molecule has 7 heavy (non-hydrogen) atoms. The lowest BCUT2D eigenvalue weighted by atomic mass is 10.6. The molecule has 0 radical (unpaired) electrons. The van der Waals surface area contributed by atoms with Gasteiger partial charge in [0.2, 0.25) is 0 Å². The van der Waals surface area contributed by atoms with Crippen molar-refractivity contribution in [3.8, 4) is 0 Å². The second-order valence-electron chi connectivity index (χ2n) is 1.28. The molecule has 2 heteroatoms. The van der Waals surface area contributed by atoms with E-state index in [-0.39, 0.29) is 0 Å². The Balaban J connectivity index is 2.47. The number of ether oxygens (including phenoxy) is 1. The highest BCUT2D eigenvalue weighted by atomic mass is 16.5. The minimum absolute atomic E-state index is 0.627. The van der Waals surface area contributed by atoms with Crippen LogP contribution in [0.3, 0.4) is 0 Å². The molecule has 1 aliphatic heterocycles. The number of rotatable bonds is 0. The second kappa shape index (κ2) is 1.69. The van der Waals surface area contributed by atoms with Crippen molar-refractivity contribution in [1.82, 2.24) is 5.32 Å². The van der Waals surface area contributed by atoms with E-state index >= 15 is 0 Å². The van der Waals surface area contributed by atoms with E-state index in [1.807, 2.05) is 12.3 Å². The smallest absolute Gasteiger partial charge is 0.183 e. The van der Waals surface area contributed by atoms with Crippen LogP contribution in [0.4, 0.5) is 0 Å². The summed E-state index contributed by atoms with van der Waals surface area (Å²) in [5.41, 5.74) is 0. The van der Waals surface area contributed by atoms with Crippen LogP contribution < -0.4 is 5.32 Å². The fraction of sp³-hybridized carbons (Fsp3) is 0.200. The number of hydrogen-bond donors (Lipinski definition) is 1. The van der Waals surface area contributed by atoms with Gasteiger partial charge in [-0.15, -0.1) is 0 Å². The van der Waals surface area contributed by atoms with E-state index in [0.29, 0.717) is 12.5 Å². The third kappa shape index (κ3) is 0.961. The zero-order valence-corrected chi connectivity index (χ0v) is 3.98. The van der Waals surface area contributed by atoms with Crippen LogP contribution in [0.2, 0.25) is 0 Å². The van der Waals surface area contributed by atoms with Crippen LogP contribution in [0.1, 0.15) is 0 Å². The summed E-state index contributed by atoms with van der Waals surface area (Å²) in [4.78, 5) is 0. The van der Waals surface area contributed by atoms with E-state index in [1.165, 1.54) is 0 Å². The van der Waals surface area contributed by atoms with Gasteiger partial charge in [0, 0.05) is 6.20 Å². The second-order valence-corrected chi connectivity index (χ2v) is 1.28. The predicted molar refractivity (Wildman–Crippen MR) is 27.4 cm³/mol. The summed E-state index contributed by atoms with van der Waals surface area (Å²) in [7, 11) is 0. The zero-order valence-electron chi connectivity index (χ0n) is 3.98. The third-order valence-corrected chi connectivity index (χ3v) is 0.716. The van der Waals surface area contributed by atoms with Crippen molar-refractivity contribution in [2.24, 2.45) is 0 Å². The Bertz CT molecular complexity index is 107. The van der Waals surface area contributed by atoms with Crippen LogP contribution in [0.15, 0.2) is 24.7 Å². The van der Waals surface area contributed by atoms with E-state index in [0.717, 1.165) is 0 Å². The molecule has 1 aliphatic rings. The van der Waals surface area contributed by atoms with Crippen LogP contribution in [0.25, 0.3) is 0 Å². The molecule has 0 fully saturated rings. The molecule has 0 saturated carbocycles. The van der Waals surface area contributed by atoms with E-state index in [1.54, 1.807) is 0 Å². The molecule has 38 valence electrons. The Morgan fingerprint density at radius 3 is 3.00 bits per heavy atom. The SMILES string of the molecule is C=C1NC=CCO1. The molecule has 0 aromatic rings. The van der Waals surface area contributed by atoms with Crippen LogP contribution >= 0.6 is 0 Å². The Labute approximate surface area is 42.5 Å². The van der Waals surface area contributed by atoms with Crippen molar-refractivity contribution in [3.05, 3.63) is 24.7 Å². The Hall–Kier alpha value is -0.920. The molecule has 0 aliphatic carbocycles. The van der Waals surface area contributed by atoms with Gasteiger partial charge in [-0.1, -0.05) is 0 Å². The van der Waals surface area contributed by atoms with Gasteiger partial charge in [-0.3, -0.25) is 0 Å². The van der Waals surface area contributed by atoms with Crippen molar-refractivity contribution in [3.63, 3.8) is 0 Å². The highest BCUT2D eigenvalue weighted by Gasteiger charge is 1.90. The molecule has 0 aromatic carbocycles. The highest BCUT2D eigenvalue weighted by molar-refractivity contribution is 4.95. The fourth-order valence-corrected chi connectivity index (χ4v) is 0.390. The molecule has 0 bridgehead atoms. The molecular weight excluding hydrogens is 90.1 g/mol. The monoisotopic (exact) mass is 97.1 g/mol. The molecule has 2 nitrogen and oxygen atoms in total. The zero-order chi connectivity index (χ0) is 5.11. The molecule has 0 amide bonds. The first-order chi connectivity index (χ1) is 3.39. The van der Waals surface area contributed by atoms with Gasteiger partial charge < -0.3 is 10.1 Å². The highest BCUT2D eigenvalue weighted by Crippen LogP contribution is 1.92. The van der Waals surface area contributed by atoms with Crippen LogP contribution in [-0.4, -0.2) is 6.61 Å². The predicted octanol–water partition coefficient (Wildman–Crippen LogP) is 0.591. The van der Waals surface area contributed by atoms with Gasteiger partial charge in [0.1, 0.15) is 6.61 Å². The lowest BCUT2D eigenvalue weighted by Crippen LogP contribution is -2.11. The van der Waals surface area contributed by atoms with Crippen LogP contribution in [0.5, 0.6) is 0 Å². The van der Waals surface area contributed by atoms with E-state index in [4.69, 9.17) is 4.74 Å².